The first-order chi connectivity index (χ1) is 10.1. The Morgan fingerprint density at radius 1 is 1.00 bits per heavy atom. The molecule has 1 rings (SSSR count). The van der Waals surface area contributed by atoms with Gasteiger partial charge in [0.05, 0.1) is 25.3 Å². The number of hydrogen-bond donors (Lipinski definition) is 2. The zero-order chi connectivity index (χ0) is 15.7. The molecule has 0 saturated heterocycles. The second-order valence-electron chi connectivity index (χ2n) is 4.41. The molecule has 116 valence electrons. The number of amides is 2. The monoisotopic (exact) mass is 294 g/mol. The molecular formula is C15H22N2O4. The Labute approximate surface area is 124 Å². The van der Waals surface area contributed by atoms with E-state index in [-0.39, 0.29) is 12.6 Å². The number of carbonyl (C=O) groups is 2. The first kappa shape index (κ1) is 16.8. The van der Waals surface area contributed by atoms with E-state index in [1.807, 2.05) is 30.3 Å². The van der Waals surface area contributed by atoms with E-state index in [4.69, 9.17) is 9.47 Å². The molecule has 0 aliphatic rings. The summed E-state index contributed by atoms with van der Waals surface area (Å²) in [6.45, 7) is 5.83. The van der Waals surface area contributed by atoms with Gasteiger partial charge in [0.25, 0.3) is 0 Å². The molecule has 0 heterocycles. The van der Waals surface area contributed by atoms with Crippen LogP contribution in [-0.4, -0.2) is 31.4 Å². The molecule has 0 spiro atoms. The minimum Gasteiger partial charge on any atom is -0.450 e. The van der Waals surface area contributed by atoms with Crippen molar-refractivity contribution < 1.29 is 19.1 Å². The second-order valence-corrected chi connectivity index (χ2v) is 4.41. The zero-order valence-electron chi connectivity index (χ0n) is 12.6. The maximum Gasteiger partial charge on any atom is 0.407 e. The molecule has 0 fully saturated rings. The van der Waals surface area contributed by atoms with Crippen molar-refractivity contribution in [2.24, 2.45) is 0 Å². The Morgan fingerprint density at radius 3 is 2.05 bits per heavy atom. The Hall–Kier alpha value is -2.24. The molecule has 0 aromatic heterocycles. The van der Waals surface area contributed by atoms with Gasteiger partial charge in [-0.25, -0.2) is 9.59 Å². The predicted molar refractivity (Wildman–Crippen MR) is 79.0 cm³/mol. The first-order valence-electron chi connectivity index (χ1n) is 7.00. The number of carbonyl (C=O) groups excluding carboxylic acids is 2. The number of hydrogen-bond acceptors (Lipinski definition) is 4. The van der Waals surface area contributed by atoms with Crippen LogP contribution in [-0.2, 0) is 9.47 Å². The van der Waals surface area contributed by atoms with E-state index in [1.165, 1.54) is 0 Å². The van der Waals surface area contributed by atoms with Crippen molar-refractivity contribution in [1.29, 1.82) is 0 Å². The minimum atomic E-state index is -0.524. The third kappa shape index (κ3) is 5.72. The second kappa shape index (κ2) is 8.84. The average molecular weight is 294 g/mol. The molecule has 21 heavy (non-hydrogen) atoms. The van der Waals surface area contributed by atoms with Gasteiger partial charge in [-0.1, -0.05) is 30.3 Å². The lowest BCUT2D eigenvalue weighted by molar-refractivity contribution is 0.136. The lowest BCUT2D eigenvalue weighted by atomic mass is 10.0. The van der Waals surface area contributed by atoms with Crippen molar-refractivity contribution in [3.8, 4) is 0 Å². The van der Waals surface area contributed by atoms with Gasteiger partial charge in [0, 0.05) is 0 Å². The van der Waals surface area contributed by atoms with Crippen LogP contribution in [0.15, 0.2) is 30.3 Å². The molecule has 0 saturated carbocycles. The van der Waals surface area contributed by atoms with Crippen LogP contribution in [0.5, 0.6) is 0 Å². The van der Waals surface area contributed by atoms with Gasteiger partial charge in [0.2, 0.25) is 0 Å². The van der Waals surface area contributed by atoms with Crippen LogP contribution in [0.2, 0.25) is 0 Å². The van der Waals surface area contributed by atoms with Crippen LogP contribution in [0.1, 0.15) is 32.4 Å². The molecule has 1 aromatic carbocycles. The maximum absolute atomic E-state index is 11.7. The molecular weight excluding hydrogens is 272 g/mol. The highest BCUT2D eigenvalue weighted by Crippen LogP contribution is 2.17. The van der Waals surface area contributed by atoms with Crippen LogP contribution in [0.4, 0.5) is 9.59 Å². The summed E-state index contributed by atoms with van der Waals surface area (Å²) in [4.78, 5) is 23.2. The predicted octanol–water partition coefficient (Wildman–Crippen LogP) is 2.61. The highest BCUT2D eigenvalue weighted by molar-refractivity contribution is 5.69. The van der Waals surface area contributed by atoms with Gasteiger partial charge in [-0.2, -0.15) is 0 Å². The lowest BCUT2D eigenvalue weighted by Crippen LogP contribution is -2.44. The Bertz CT molecular complexity index is 450. The first-order valence-corrected chi connectivity index (χ1v) is 7.00. The van der Waals surface area contributed by atoms with E-state index in [9.17, 15) is 9.59 Å². The minimum absolute atomic E-state index is 0.285. The summed E-state index contributed by atoms with van der Waals surface area (Å²) < 4.78 is 9.76. The molecule has 2 N–H and O–H groups in total. The standard InChI is InChI=1S/C15H22N2O4/c1-4-20-14(18)16-11(3)13(17-15(19)21-5-2)12-9-7-6-8-10-12/h6-11,13H,4-5H2,1-3H3,(H,16,18)(H,17,19)/t11-,13+/m0/s1. The molecule has 1 aromatic rings. The van der Waals surface area contributed by atoms with Crippen molar-refractivity contribution >= 4 is 12.2 Å². The number of nitrogens with one attached hydrogen (secondary N) is 2. The summed E-state index contributed by atoms with van der Waals surface area (Å²) in [6.07, 6.45) is -1.04. The van der Waals surface area contributed by atoms with Crippen molar-refractivity contribution in [3.63, 3.8) is 0 Å². The van der Waals surface area contributed by atoms with E-state index in [2.05, 4.69) is 10.6 Å². The van der Waals surface area contributed by atoms with E-state index in [0.717, 1.165) is 5.56 Å². The molecule has 2 amide bonds. The number of rotatable bonds is 6. The fourth-order valence-corrected chi connectivity index (χ4v) is 1.90. The van der Waals surface area contributed by atoms with Crippen LogP contribution in [0, 0.1) is 0 Å². The van der Waals surface area contributed by atoms with Gasteiger partial charge in [-0.15, -0.1) is 0 Å². The number of benzene rings is 1. The quantitative estimate of drug-likeness (QED) is 0.845. The number of alkyl carbamates (subject to hydrolysis) is 2. The SMILES string of the molecule is CCOC(=O)N[C@@H](C)[C@@H](NC(=O)OCC)c1ccccc1. The Morgan fingerprint density at radius 2 is 1.52 bits per heavy atom. The topological polar surface area (TPSA) is 76.7 Å². The Balaban J connectivity index is 2.81. The fraction of sp³-hybridized carbons (Fsp3) is 0.467. The zero-order valence-corrected chi connectivity index (χ0v) is 12.6. The van der Waals surface area contributed by atoms with Gasteiger partial charge in [0.15, 0.2) is 0 Å². The summed E-state index contributed by atoms with van der Waals surface area (Å²) in [5, 5.41) is 5.45. The summed E-state index contributed by atoms with van der Waals surface area (Å²) in [7, 11) is 0. The molecule has 0 bridgehead atoms. The van der Waals surface area contributed by atoms with Gasteiger partial charge >= 0.3 is 12.2 Å². The van der Waals surface area contributed by atoms with Gasteiger partial charge in [-0.05, 0) is 26.3 Å². The van der Waals surface area contributed by atoms with Crippen molar-refractivity contribution in [1.82, 2.24) is 10.6 Å². The smallest absolute Gasteiger partial charge is 0.407 e. The van der Waals surface area contributed by atoms with Gasteiger partial charge in [-0.3, -0.25) is 0 Å². The van der Waals surface area contributed by atoms with Crippen LogP contribution in [0.3, 0.4) is 0 Å². The molecule has 0 aliphatic heterocycles. The average Bonchev–Trinajstić information content (AvgIpc) is 2.46. The fourth-order valence-electron chi connectivity index (χ4n) is 1.90. The molecule has 6 heteroatoms. The third-order valence-corrected chi connectivity index (χ3v) is 2.83. The van der Waals surface area contributed by atoms with E-state index in [0.29, 0.717) is 6.61 Å². The van der Waals surface area contributed by atoms with Crippen molar-refractivity contribution in [2.45, 2.75) is 32.9 Å². The van der Waals surface area contributed by atoms with Crippen LogP contribution < -0.4 is 10.6 Å². The maximum atomic E-state index is 11.7. The van der Waals surface area contributed by atoms with E-state index in [1.54, 1.807) is 20.8 Å². The lowest BCUT2D eigenvalue weighted by Gasteiger charge is -2.25. The Kier molecular flexibility index (Phi) is 7.08. The van der Waals surface area contributed by atoms with Crippen molar-refractivity contribution in [3.05, 3.63) is 35.9 Å². The van der Waals surface area contributed by atoms with Gasteiger partial charge < -0.3 is 20.1 Å². The van der Waals surface area contributed by atoms with Crippen LogP contribution in [0.25, 0.3) is 0 Å². The third-order valence-electron chi connectivity index (χ3n) is 2.83. The van der Waals surface area contributed by atoms with E-state index < -0.39 is 18.2 Å². The van der Waals surface area contributed by atoms with Gasteiger partial charge in [0.1, 0.15) is 0 Å². The normalized spacial score (nSPS) is 12.9. The van der Waals surface area contributed by atoms with Crippen LogP contribution >= 0.6 is 0 Å². The summed E-state index contributed by atoms with van der Waals surface area (Å²) in [5.74, 6) is 0. The molecule has 0 aliphatic carbocycles. The summed E-state index contributed by atoms with van der Waals surface area (Å²) in [6, 6.07) is 8.61. The highest BCUT2D eigenvalue weighted by atomic mass is 16.6. The number of ether oxygens (including phenoxy) is 2. The van der Waals surface area contributed by atoms with E-state index >= 15 is 0 Å². The molecule has 0 unspecified atom stereocenters. The summed E-state index contributed by atoms with van der Waals surface area (Å²) in [5.41, 5.74) is 0.870. The summed E-state index contributed by atoms with van der Waals surface area (Å²) >= 11 is 0. The van der Waals surface area contributed by atoms with Crippen molar-refractivity contribution in [2.75, 3.05) is 13.2 Å². The molecule has 0 radical (unpaired) electrons. The highest BCUT2D eigenvalue weighted by Gasteiger charge is 2.23. The molecule has 6 nitrogen and oxygen atoms in total. The largest absolute Gasteiger partial charge is 0.450 e. The molecule has 2 atom stereocenters.